The molecule has 2 aromatic rings. The number of imidazole rings is 1. The summed E-state index contributed by atoms with van der Waals surface area (Å²) in [7, 11) is 1.77. The topological polar surface area (TPSA) is 102 Å². The van der Waals surface area contributed by atoms with E-state index in [0.717, 1.165) is 17.5 Å². The monoisotopic (exact) mass is 311 g/mol. The molecule has 1 amide bonds. The zero-order valence-corrected chi connectivity index (χ0v) is 12.9. The molecule has 0 spiro atoms. The minimum Gasteiger partial charge on any atom is -0.481 e. The van der Waals surface area contributed by atoms with Crippen LogP contribution in [0.1, 0.15) is 12.6 Å². The summed E-state index contributed by atoms with van der Waals surface area (Å²) < 4.78 is 3.36. The maximum Gasteiger partial charge on any atom is 0.313 e. The molecule has 0 unspecified atom stereocenters. The average Bonchev–Trinajstić information content (AvgIpc) is 2.87. The first-order valence-electron chi connectivity index (χ1n) is 6.45. The summed E-state index contributed by atoms with van der Waals surface area (Å²) in [6, 6.07) is 0. The minimum absolute atomic E-state index is 0.0886. The van der Waals surface area contributed by atoms with Gasteiger partial charge < -0.3 is 10.4 Å². The first-order chi connectivity index (χ1) is 9.93. The third kappa shape index (κ3) is 3.18. The van der Waals surface area contributed by atoms with Crippen molar-refractivity contribution in [3.63, 3.8) is 0 Å². The average molecular weight is 311 g/mol. The third-order valence-corrected chi connectivity index (χ3v) is 3.82. The first kappa shape index (κ1) is 15.4. The SMILES string of the molecule is CCNC(=O)Cn1c(SCC(=O)O)nc2c(C)nn(C)c21. The number of carboxylic acid groups (broad SMARTS) is 1. The highest BCUT2D eigenvalue weighted by Gasteiger charge is 2.20. The molecular weight excluding hydrogens is 294 g/mol. The number of carboxylic acids is 1. The Morgan fingerprint density at radius 1 is 1.43 bits per heavy atom. The highest BCUT2D eigenvalue weighted by Crippen LogP contribution is 2.25. The summed E-state index contributed by atoms with van der Waals surface area (Å²) in [6.45, 7) is 4.30. The number of fused-ring (bicyclic) bond motifs is 1. The Morgan fingerprint density at radius 3 is 2.76 bits per heavy atom. The van der Waals surface area contributed by atoms with E-state index >= 15 is 0 Å². The van der Waals surface area contributed by atoms with Crippen molar-refractivity contribution in [1.29, 1.82) is 0 Å². The Hall–Kier alpha value is -2.03. The number of hydrogen-bond donors (Lipinski definition) is 2. The lowest BCUT2D eigenvalue weighted by Gasteiger charge is -2.08. The molecule has 8 nitrogen and oxygen atoms in total. The quantitative estimate of drug-likeness (QED) is 0.748. The van der Waals surface area contributed by atoms with E-state index in [-0.39, 0.29) is 18.2 Å². The van der Waals surface area contributed by atoms with Crippen molar-refractivity contribution < 1.29 is 14.7 Å². The van der Waals surface area contributed by atoms with Crippen LogP contribution in [0.15, 0.2) is 5.16 Å². The summed E-state index contributed by atoms with van der Waals surface area (Å²) in [5.74, 6) is -1.18. The highest BCUT2D eigenvalue weighted by molar-refractivity contribution is 7.99. The van der Waals surface area contributed by atoms with Gasteiger partial charge in [-0.05, 0) is 13.8 Å². The molecule has 0 aliphatic carbocycles. The Kier molecular flexibility index (Phi) is 4.51. The van der Waals surface area contributed by atoms with Crippen LogP contribution in [-0.4, -0.2) is 48.6 Å². The zero-order chi connectivity index (χ0) is 15.6. The smallest absolute Gasteiger partial charge is 0.313 e. The molecule has 2 aromatic heterocycles. The standard InChI is InChI=1S/C12H17N5O3S/c1-4-13-8(18)5-17-11-10(7(2)15-16(11)3)14-12(17)21-6-9(19)20/h4-6H2,1-3H3,(H,13,18)(H,19,20). The van der Waals surface area contributed by atoms with Crippen molar-refractivity contribution in [2.24, 2.45) is 7.05 Å². The molecule has 0 fully saturated rings. The van der Waals surface area contributed by atoms with E-state index in [1.54, 1.807) is 16.3 Å². The summed E-state index contributed by atoms with van der Waals surface area (Å²) in [5.41, 5.74) is 2.15. The zero-order valence-electron chi connectivity index (χ0n) is 12.1. The molecule has 9 heteroatoms. The Balaban J connectivity index is 2.43. The first-order valence-corrected chi connectivity index (χ1v) is 7.43. The van der Waals surface area contributed by atoms with Gasteiger partial charge in [-0.1, -0.05) is 11.8 Å². The van der Waals surface area contributed by atoms with Crippen LogP contribution in [0.25, 0.3) is 11.2 Å². The molecule has 0 saturated carbocycles. The maximum atomic E-state index is 11.8. The second-order valence-electron chi connectivity index (χ2n) is 4.50. The molecule has 2 N–H and O–H groups in total. The van der Waals surface area contributed by atoms with Gasteiger partial charge in [0.15, 0.2) is 10.8 Å². The number of aliphatic carboxylic acids is 1. The van der Waals surface area contributed by atoms with E-state index in [4.69, 9.17) is 5.11 Å². The molecule has 0 bridgehead atoms. The predicted octanol–water partition coefficient (Wildman–Crippen LogP) is 0.391. The van der Waals surface area contributed by atoms with Gasteiger partial charge in [-0.3, -0.25) is 18.8 Å². The van der Waals surface area contributed by atoms with Crippen molar-refractivity contribution in [1.82, 2.24) is 24.6 Å². The number of carbonyl (C=O) groups is 2. The van der Waals surface area contributed by atoms with Crippen molar-refractivity contribution in [3.8, 4) is 0 Å². The lowest BCUT2D eigenvalue weighted by molar-refractivity contribution is -0.133. The number of nitrogens with zero attached hydrogens (tertiary/aromatic N) is 4. The lowest BCUT2D eigenvalue weighted by Crippen LogP contribution is -2.27. The molecule has 2 heterocycles. The van der Waals surface area contributed by atoms with Gasteiger partial charge in [0, 0.05) is 13.6 Å². The molecule has 0 aliphatic heterocycles. The van der Waals surface area contributed by atoms with E-state index in [9.17, 15) is 9.59 Å². The Morgan fingerprint density at radius 2 is 2.14 bits per heavy atom. The Bertz CT molecular complexity index is 691. The van der Waals surface area contributed by atoms with Crippen LogP contribution in [-0.2, 0) is 23.2 Å². The van der Waals surface area contributed by atoms with Crippen molar-refractivity contribution in [2.75, 3.05) is 12.3 Å². The fraction of sp³-hybridized carbons (Fsp3) is 0.500. The number of likely N-dealkylation sites (N-methyl/N-ethyl adjacent to an activating group) is 1. The molecule has 0 saturated heterocycles. The van der Waals surface area contributed by atoms with Gasteiger partial charge in [-0.25, -0.2) is 4.98 Å². The van der Waals surface area contributed by atoms with Gasteiger partial charge >= 0.3 is 5.97 Å². The van der Waals surface area contributed by atoms with Crippen LogP contribution in [0.4, 0.5) is 0 Å². The molecule has 21 heavy (non-hydrogen) atoms. The van der Waals surface area contributed by atoms with Gasteiger partial charge in [0.25, 0.3) is 0 Å². The van der Waals surface area contributed by atoms with Gasteiger partial charge in [-0.2, -0.15) is 5.10 Å². The number of nitrogens with one attached hydrogen (secondary N) is 1. The number of thioether (sulfide) groups is 1. The number of aromatic nitrogens is 4. The molecule has 0 aromatic carbocycles. The number of aryl methyl sites for hydroxylation is 2. The van der Waals surface area contributed by atoms with Crippen LogP contribution >= 0.6 is 11.8 Å². The van der Waals surface area contributed by atoms with Crippen molar-refractivity contribution >= 4 is 34.8 Å². The van der Waals surface area contributed by atoms with E-state index in [2.05, 4.69) is 15.4 Å². The highest BCUT2D eigenvalue weighted by atomic mass is 32.2. The largest absolute Gasteiger partial charge is 0.481 e. The second-order valence-corrected chi connectivity index (χ2v) is 5.44. The number of amides is 1. The lowest BCUT2D eigenvalue weighted by atomic mass is 10.4. The molecule has 114 valence electrons. The maximum absolute atomic E-state index is 11.8. The molecule has 0 aliphatic rings. The predicted molar refractivity (Wildman–Crippen MR) is 78.3 cm³/mol. The van der Waals surface area contributed by atoms with Gasteiger partial charge in [0.2, 0.25) is 5.91 Å². The Labute approximate surface area is 125 Å². The molecule has 0 atom stereocenters. The van der Waals surface area contributed by atoms with Crippen molar-refractivity contribution in [2.45, 2.75) is 25.5 Å². The minimum atomic E-state index is -0.925. The molecule has 0 radical (unpaired) electrons. The summed E-state index contributed by atoms with van der Waals surface area (Å²) >= 11 is 1.09. The normalized spacial score (nSPS) is 11.0. The third-order valence-electron chi connectivity index (χ3n) is 2.86. The van der Waals surface area contributed by atoms with Gasteiger partial charge in [0.05, 0.1) is 11.4 Å². The fourth-order valence-electron chi connectivity index (χ4n) is 2.09. The molecular formula is C12H17N5O3S. The van der Waals surface area contributed by atoms with Crippen LogP contribution in [0.5, 0.6) is 0 Å². The summed E-state index contributed by atoms with van der Waals surface area (Å²) in [6.07, 6.45) is 0. The second kappa shape index (κ2) is 6.17. The van der Waals surface area contributed by atoms with E-state index in [1.165, 1.54) is 0 Å². The van der Waals surface area contributed by atoms with Crippen molar-refractivity contribution in [3.05, 3.63) is 5.69 Å². The summed E-state index contributed by atoms with van der Waals surface area (Å²) in [5, 5.41) is 16.3. The fourth-order valence-corrected chi connectivity index (χ4v) is 2.81. The molecule has 2 rings (SSSR count). The number of carbonyl (C=O) groups excluding carboxylic acids is 1. The summed E-state index contributed by atoms with van der Waals surface area (Å²) in [4.78, 5) is 27.0. The number of hydrogen-bond acceptors (Lipinski definition) is 5. The number of rotatable bonds is 6. The van der Waals surface area contributed by atoms with Crippen LogP contribution in [0.2, 0.25) is 0 Å². The van der Waals surface area contributed by atoms with Gasteiger partial charge in [0.1, 0.15) is 12.1 Å². The van der Waals surface area contributed by atoms with E-state index in [1.807, 2.05) is 13.8 Å². The van der Waals surface area contributed by atoms with Crippen LogP contribution < -0.4 is 5.32 Å². The van der Waals surface area contributed by atoms with Gasteiger partial charge in [-0.15, -0.1) is 0 Å². The van der Waals surface area contributed by atoms with Crippen LogP contribution in [0, 0.1) is 6.92 Å². The van der Waals surface area contributed by atoms with E-state index < -0.39 is 5.97 Å². The van der Waals surface area contributed by atoms with E-state index in [0.29, 0.717) is 22.9 Å². The van der Waals surface area contributed by atoms with Crippen LogP contribution in [0.3, 0.4) is 0 Å².